The van der Waals surface area contributed by atoms with Crippen LogP contribution in [0.4, 0.5) is 0 Å². The zero-order valence-electron chi connectivity index (χ0n) is 11.7. The number of hydrogen-bond donors (Lipinski definition) is 1. The molecule has 1 aliphatic rings. The lowest BCUT2D eigenvalue weighted by Gasteiger charge is -2.31. The Morgan fingerprint density at radius 3 is 2.95 bits per heavy atom. The Labute approximate surface area is 121 Å². The molecular weight excluding hydrogens is 258 g/mol. The zero-order valence-corrected chi connectivity index (χ0v) is 12.5. The molecule has 19 heavy (non-hydrogen) atoms. The molecule has 0 spiro atoms. The first-order valence-electron chi connectivity index (χ1n) is 7.35. The van der Waals surface area contributed by atoms with E-state index in [2.05, 4.69) is 24.4 Å². The number of halogens is 1. The highest BCUT2D eigenvalue weighted by atomic mass is 35.5. The molecule has 0 aliphatic carbocycles. The monoisotopic (exact) mass is 281 g/mol. The number of hydrogen-bond acceptors (Lipinski definition) is 2. The van der Waals surface area contributed by atoms with Crippen molar-refractivity contribution < 1.29 is 4.74 Å². The van der Waals surface area contributed by atoms with E-state index in [0.29, 0.717) is 12.0 Å². The molecule has 2 nitrogen and oxygen atoms in total. The molecule has 1 aliphatic heterocycles. The van der Waals surface area contributed by atoms with Gasteiger partial charge in [-0.2, -0.15) is 0 Å². The lowest BCUT2D eigenvalue weighted by Crippen LogP contribution is -2.42. The van der Waals surface area contributed by atoms with Crippen LogP contribution in [0.1, 0.15) is 31.7 Å². The maximum absolute atomic E-state index is 6.28. The van der Waals surface area contributed by atoms with E-state index >= 15 is 0 Å². The van der Waals surface area contributed by atoms with Gasteiger partial charge in [-0.05, 0) is 49.8 Å². The minimum absolute atomic E-state index is 0.472. The first-order chi connectivity index (χ1) is 9.31. The van der Waals surface area contributed by atoms with E-state index in [4.69, 9.17) is 16.3 Å². The van der Waals surface area contributed by atoms with Gasteiger partial charge < -0.3 is 10.1 Å². The van der Waals surface area contributed by atoms with Gasteiger partial charge in [-0.15, -0.1) is 0 Å². The fraction of sp³-hybridized carbons (Fsp3) is 0.625. The Morgan fingerprint density at radius 2 is 2.26 bits per heavy atom. The Bertz CT molecular complexity index is 377. The van der Waals surface area contributed by atoms with Gasteiger partial charge in [0.05, 0.1) is 6.61 Å². The van der Waals surface area contributed by atoms with E-state index in [-0.39, 0.29) is 0 Å². The van der Waals surface area contributed by atoms with Crippen LogP contribution in [0.2, 0.25) is 5.02 Å². The van der Waals surface area contributed by atoms with Gasteiger partial charge in [0.1, 0.15) is 0 Å². The Hall–Kier alpha value is -0.570. The number of nitrogens with one attached hydrogen (secondary N) is 1. The van der Waals surface area contributed by atoms with Crippen molar-refractivity contribution in [3.8, 4) is 0 Å². The minimum atomic E-state index is 0.472. The van der Waals surface area contributed by atoms with Crippen molar-refractivity contribution in [2.75, 3.05) is 19.8 Å². The highest BCUT2D eigenvalue weighted by Crippen LogP contribution is 2.23. The molecule has 2 rings (SSSR count). The number of ether oxygens (including phenoxy) is 1. The summed E-state index contributed by atoms with van der Waals surface area (Å²) in [6.45, 7) is 5.07. The van der Waals surface area contributed by atoms with Crippen molar-refractivity contribution in [3.05, 3.63) is 34.9 Å². The van der Waals surface area contributed by atoms with E-state index in [1.165, 1.54) is 18.4 Å². The summed E-state index contributed by atoms with van der Waals surface area (Å²) < 4.78 is 5.64. The van der Waals surface area contributed by atoms with Crippen LogP contribution in [0.15, 0.2) is 24.3 Å². The summed E-state index contributed by atoms with van der Waals surface area (Å²) in [6.07, 6.45) is 4.59. The summed E-state index contributed by atoms with van der Waals surface area (Å²) in [6, 6.07) is 8.64. The van der Waals surface area contributed by atoms with Gasteiger partial charge >= 0.3 is 0 Å². The number of benzene rings is 1. The summed E-state index contributed by atoms with van der Waals surface area (Å²) in [5.74, 6) is 0.608. The molecule has 2 atom stereocenters. The van der Waals surface area contributed by atoms with Crippen LogP contribution in [-0.4, -0.2) is 25.8 Å². The molecule has 2 unspecified atom stereocenters. The van der Waals surface area contributed by atoms with Crippen LogP contribution < -0.4 is 5.32 Å². The van der Waals surface area contributed by atoms with Crippen molar-refractivity contribution in [2.24, 2.45) is 5.92 Å². The molecule has 0 saturated carbocycles. The summed E-state index contributed by atoms with van der Waals surface area (Å²) >= 11 is 6.28. The van der Waals surface area contributed by atoms with E-state index in [1.54, 1.807) is 0 Å². The second-order valence-electron chi connectivity index (χ2n) is 5.33. The summed E-state index contributed by atoms with van der Waals surface area (Å²) in [4.78, 5) is 0. The first-order valence-corrected chi connectivity index (χ1v) is 7.73. The van der Waals surface area contributed by atoms with Crippen LogP contribution in [0.25, 0.3) is 0 Å². The van der Waals surface area contributed by atoms with Crippen LogP contribution >= 0.6 is 11.6 Å². The highest BCUT2D eigenvalue weighted by Gasteiger charge is 2.24. The van der Waals surface area contributed by atoms with E-state index < -0.39 is 0 Å². The standard InChI is InChI=1S/C16H24ClNO/c1-2-9-18-16(14-7-5-10-19-12-14)11-13-6-3-4-8-15(13)17/h3-4,6,8,14,16,18H,2,5,7,9-12H2,1H3. The molecule has 106 valence electrons. The maximum atomic E-state index is 6.28. The van der Waals surface area contributed by atoms with Gasteiger partial charge in [-0.1, -0.05) is 36.7 Å². The molecule has 1 fully saturated rings. The van der Waals surface area contributed by atoms with Gasteiger partial charge in [-0.25, -0.2) is 0 Å². The molecule has 0 radical (unpaired) electrons. The molecule has 0 aromatic heterocycles. The molecule has 1 aromatic rings. The van der Waals surface area contributed by atoms with Gasteiger partial charge in [0.15, 0.2) is 0 Å². The topological polar surface area (TPSA) is 21.3 Å². The van der Waals surface area contributed by atoms with Crippen LogP contribution in [0.5, 0.6) is 0 Å². The average molecular weight is 282 g/mol. The summed E-state index contributed by atoms with van der Waals surface area (Å²) in [5, 5.41) is 4.55. The Balaban J connectivity index is 2.02. The van der Waals surface area contributed by atoms with Crippen molar-refractivity contribution >= 4 is 11.6 Å². The summed E-state index contributed by atoms with van der Waals surface area (Å²) in [5.41, 5.74) is 1.24. The third-order valence-corrected chi connectivity index (χ3v) is 4.19. The number of rotatable bonds is 6. The largest absolute Gasteiger partial charge is 0.381 e. The van der Waals surface area contributed by atoms with Gasteiger partial charge in [-0.3, -0.25) is 0 Å². The fourth-order valence-corrected chi connectivity index (χ4v) is 2.93. The Morgan fingerprint density at radius 1 is 1.42 bits per heavy atom. The lowest BCUT2D eigenvalue weighted by molar-refractivity contribution is 0.0393. The second-order valence-corrected chi connectivity index (χ2v) is 5.74. The molecule has 1 aromatic carbocycles. The van der Waals surface area contributed by atoms with Crippen LogP contribution in [0, 0.1) is 5.92 Å². The summed E-state index contributed by atoms with van der Waals surface area (Å²) in [7, 11) is 0. The van der Waals surface area contributed by atoms with Gasteiger partial charge in [0, 0.05) is 17.7 Å². The smallest absolute Gasteiger partial charge is 0.0509 e. The SMILES string of the molecule is CCCNC(Cc1ccccc1Cl)C1CCCOC1. The maximum Gasteiger partial charge on any atom is 0.0509 e. The van der Waals surface area contributed by atoms with Crippen LogP contribution in [-0.2, 0) is 11.2 Å². The van der Waals surface area contributed by atoms with E-state index in [0.717, 1.165) is 37.6 Å². The van der Waals surface area contributed by atoms with E-state index in [9.17, 15) is 0 Å². The van der Waals surface area contributed by atoms with Crippen molar-refractivity contribution in [1.29, 1.82) is 0 Å². The second kappa shape index (κ2) is 7.88. The quantitative estimate of drug-likeness (QED) is 0.859. The normalized spacial score (nSPS) is 21.3. The van der Waals surface area contributed by atoms with Crippen molar-refractivity contribution in [2.45, 2.75) is 38.6 Å². The average Bonchev–Trinajstić information content (AvgIpc) is 2.46. The van der Waals surface area contributed by atoms with Crippen molar-refractivity contribution in [3.63, 3.8) is 0 Å². The fourth-order valence-electron chi connectivity index (χ4n) is 2.72. The molecule has 1 saturated heterocycles. The molecule has 3 heteroatoms. The van der Waals surface area contributed by atoms with Gasteiger partial charge in [0.2, 0.25) is 0 Å². The van der Waals surface area contributed by atoms with Crippen molar-refractivity contribution in [1.82, 2.24) is 5.32 Å². The predicted molar refractivity (Wildman–Crippen MR) is 80.8 cm³/mol. The van der Waals surface area contributed by atoms with E-state index in [1.807, 2.05) is 12.1 Å². The minimum Gasteiger partial charge on any atom is -0.381 e. The molecule has 1 heterocycles. The molecular formula is C16H24ClNO. The lowest BCUT2D eigenvalue weighted by atomic mass is 9.89. The third-order valence-electron chi connectivity index (χ3n) is 3.82. The predicted octanol–water partition coefficient (Wildman–Crippen LogP) is 3.68. The third kappa shape index (κ3) is 4.48. The Kier molecular flexibility index (Phi) is 6.15. The highest BCUT2D eigenvalue weighted by molar-refractivity contribution is 6.31. The zero-order chi connectivity index (χ0) is 13.5. The molecule has 0 bridgehead atoms. The van der Waals surface area contributed by atoms with Gasteiger partial charge in [0.25, 0.3) is 0 Å². The molecule has 0 amide bonds. The van der Waals surface area contributed by atoms with Crippen LogP contribution in [0.3, 0.4) is 0 Å². The molecule has 1 N–H and O–H groups in total. The first kappa shape index (κ1) is 14.8.